The van der Waals surface area contributed by atoms with E-state index in [1.807, 2.05) is 17.0 Å². The number of amides is 2. The van der Waals surface area contributed by atoms with Gasteiger partial charge in [0.05, 0.1) is 32.4 Å². The van der Waals surface area contributed by atoms with Crippen LogP contribution in [-0.4, -0.2) is 50.7 Å². The minimum atomic E-state index is -0.210. The van der Waals surface area contributed by atoms with Crippen molar-refractivity contribution in [3.05, 3.63) is 53.1 Å². The zero-order valence-electron chi connectivity index (χ0n) is 17.3. The predicted octanol–water partition coefficient (Wildman–Crippen LogP) is 2.88. The Balaban J connectivity index is 1.61. The molecule has 158 valence electrons. The average Bonchev–Trinajstić information content (AvgIpc) is 3.33. The second kappa shape index (κ2) is 8.75. The molecule has 1 atom stereocenters. The van der Waals surface area contributed by atoms with Gasteiger partial charge in [-0.2, -0.15) is 0 Å². The molecule has 0 aliphatic carbocycles. The maximum Gasteiger partial charge on any atom is 0.254 e. The monoisotopic (exact) mass is 410 g/mol. The normalized spacial score (nSPS) is 17.9. The van der Waals surface area contributed by atoms with E-state index in [4.69, 9.17) is 14.2 Å². The molecular weight excluding hydrogens is 384 g/mol. The summed E-state index contributed by atoms with van der Waals surface area (Å²) in [6.45, 7) is 2.18. The molecule has 1 N–H and O–H groups in total. The van der Waals surface area contributed by atoms with E-state index in [0.717, 1.165) is 12.0 Å². The lowest BCUT2D eigenvalue weighted by Crippen LogP contribution is -2.36. The van der Waals surface area contributed by atoms with E-state index in [9.17, 15) is 9.59 Å². The number of rotatable bonds is 5. The van der Waals surface area contributed by atoms with E-state index < -0.39 is 0 Å². The Labute approximate surface area is 175 Å². The smallest absolute Gasteiger partial charge is 0.254 e. The first-order valence-corrected chi connectivity index (χ1v) is 10.1. The van der Waals surface area contributed by atoms with Crippen LogP contribution in [0.3, 0.4) is 0 Å². The first kappa shape index (κ1) is 20.2. The van der Waals surface area contributed by atoms with Crippen molar-refractivity contribution in [2.24, 2.45) is 5.92 Å². The van der Waals surface area contributed by atoms with Crippen LogP contribution in [0.1, 0.15) is 27.9 Å². The zero-order chi connectivity index (χ0) is 21.1. The van der Waals surface area contributed by atoms with Crippen molar-refractivity contribution in [2.75, 3.05) is 39.3 Å². The minimum absolute atomic E-state index is 0.106. The van der Waals surface area contributed by atoms with Crippen LogP contribution in [0.15, 0.2) is 36.4 Å². The Bertz CT molecular complexity index is 953. The second-order valence-corrected chi connectivity index (χ2v) is 7.55. The van der Waals surface area contributed by atoms with Crippen LogP contribution in [0.5, 0.6) is 11.5 Å². The highest BCUT2D eigenvalue weighted by Crippen LogP contribution is 2.38. The molecule has 0 radical (unpaired) electrons. The fourth-order valence-electron chi connectivity index (χ4n) is 4.01. The molecular formula is C23H26N2O5. The van der Waals surface area contributed by atoms with Gasteiger partial charge in [-0.05, 0) is 36.1 Å². The van der Waals surface area contributed by atoms with E-state index >= 15 is 0 Å². The first-order valence-electron chi connectivity index (χ1n) is 10.1. The van der Waals surface area contributed by atoms with Crippen molar-refractivity contribution in [1.82, 2.24) is 4.90 Å². The molecule has 2 heterocycles. The van der Waals surface area contributed by atoms with Crippen LogP contribution >= 0.6 is 0 Å². The average molecular weight is 410 g/mol. The van der Waals surface area contributed by atoms with Gasteiger partial charge in [-0.15, -0.1) is 0 Å². The maximum atomic E-state index is 13.3. The topological polar surface area (TPSA) is 77.1 Å². The van der Waals surface area contributed by atoms with Crippen LogP contribution < -0.4 is 14.8 Å². The third-order valence-corrected chi connectivity index (χ3v) is 5.70. The van der Waals surface area contributed by atoms with E-state index in [-0.39, 0.29) is 17.7 Å². The molecule has 2 aliphatic heterocycles. The van der Waals surface area contributed by atoms with Gasteiger partial charge in [-0.25, -0.2) is 0 Å². The fourth-order valence-corrected chi connectivity index (χ4v) is 4.01. The quantitative estimate of drug-likeness (QED) is 0.820. The highest BCUT2D eigenvalue weighted by molar-refractivity contribution is 6.00. The molecule has 0 aromatic heterocycles. The summed E-state index contributed by atoms with van der Waals surface area (Å²) in [5.41, 5.74) is 3.31. The Hall–Kier alpha value is -3.06. The van der Waals surface area contributed by atoms with Crippen molar-refractivity contribution in [1.29, 1.82) is 0 Å². The molecule has 30 heavy (non-hydrogen) atoms. The molecule has 1 unspecified atom stereocenters. The summed E-state index contributed by atoms with van der Waals surface area (Å²) in [7, 11) is 3.02. The van der Waals surface area contributed by atoms with E-state index in [1.54, 1.807) is 12.1 Å². The molecule has 0 saturated carbocycles. The van der Waals surface area contributed by atoms with Crippen LogP contribution in [0, 0.1) is 5.92 Å². The molecule has 2 aliphatic rings. The van der Waals surface area contributed by atoms with Gasteiger partial charge in [0.1, 0.15) is 0 Å². The number of benzene rings is 2. The molecule has 4 rings (SSSR count). The lowest BCUT2D eigenvalue weighted by Gasteiger charge is -2.29. The van der Waals surface area contributed by atoms with Gasteiger partial charge in [0.2, 0.25) is 5.91 Å². The maximum absolute atomic E-state index is 13.3. The molecule has 1 saturated heterocycles. The third kappa shape index (κ3) is 3.98. The number of carbonyl (C=O) groups is 2. The Morgan fingerprint density at radius 3 is 2.63 bits per heavy atom. The first-order chi connectivity index (χ1) is 14.6. The van der Waals surface area contributed by atoms with Crippen LogP contribution in [0.4, 0.5) is 5.69 Å². The summed E-state index contributed by atoms with van der Waals surface area (Å²) in [6.07, 6.45) is 1.50. The van der Waals surface area contributed by atoms with Crippen molar-refractivity contribution in [3.63, 3.8) is 0 Å². The van der Waals surface area contributed by atoms with Gasteiger partial charge in [-0.3, -0.25) is 9.59 Å². The van der Waals surface area contributed by atoms with Gasteiger partial charge in [-0.1, -0.05) is 24.3 Å². The summed E-state index contributed by atoms with van der Waals surface area (Å²) in [4.78, 5) is 27.7. The zero-order valence-corrected chi connectivity index (χ0v) is 17.3. The molecule has 2 amide bonds. The number of hydrogen-bond donors (Lipinski definition) is 1. The number of nitrogens with zero attached hydrogens (tertiary/aromatic N) is 1. The summed E-state index contributed by atoms with van der Waals surface area (Å²) < 4.78 is 16.2. The highest BCUT2D eigenvalue weighted by atomic mass is 16.5. The summed E-state index contributed by atoms with van der Waals surface area (Å²) >= 11 is 0. The molecule has 2 aromatic rings. The van der Waals surface area contributed by atoms with Crippen molar-refractivity contribution in [2.45, 2.75) is 19.4 Å². The molecule has 1 fully saturated rings. The number of hydrogen-bond acceptors (Lipinski definition) is 5. The standard InChI is InChI=1S/C23H26N2O5/c1-28-20-12-18(23(27)25-9-7-15-5-3-4-6-16(15)13-25)11-19(21(20)29-2)24-22(26)17-8-10-30-14-17/h3-6,11-12,17H,7-10,13-14H2,1-2H3,(H,24,26). The summed E-state index contributed by atoms with van der Waals surface area (Å²) in [6, 6.07) is 11.5. The van der Waals surface area contributed by atoms with E-state index in [0.29, 0.717) is 55.5 Å². The molecule has 7 nitrogen and oxygen atoms in total. The van der Waals surface area contributed by atoms with Gasteiger partial charge in [0.25, 0.3) is 5.91 Å². The minimum Gasteiger partial charge on any atom is -0.493 e. The number of nitrogens with one attached hydrogen (secondary N) is 1. The number of methoxy groups -OCH3 is 2. The van der Waals surface area contributed by atoms with Gasteiger partial charge in [0, 0.05) is 25.3 Å². The molecule has 0 bridgehead atoms. The van der Waals surface area contributed by atoms with E-state index in [1.165, 1.54) is 19.8 Å². The van der Waals surface area contributed by atoms with Gasteiger partial charge < -0.3 is 24.4 Å². The molecule has 0 spiro atoms. The summed E-state index contributed by atoms with van der Waals surface area (Å²) in [5.74, 6) is 0.331. The van der Waals surface area contributed by atoms with E-state index in [2.05, 4.69) is 17.4 Å². The number of ether oxygens (including phenoxy) is 3. The number of carbonyl (C=O) groups excluding carboxylic acids is 2. The largest absolute Gasteiger partial charge is 0.493 e. The predicted molar refractivity (Wildman–Crippen MR) is 112 cm³/mol. The van der Waals surface area contributed by atoms with Crippen molar-refractivity contribution < 1.29 is 23.8 Å². The SMILES string of the molecule is COc1cc(C(=O)N2CCc3ccccc3C2)cc(NC(=O)C2CCOC2)c1OC. The third-order valence-electron chi connectivity index (χ3n) is 5.70. The molecule has 2 aromatic carbocycles. The van der Waals surface area contributed by atoms with Crippen LogP contribution in [0.25, 0.3) is 0 Å². The lowest BCUT2D eigenvalue weighted by atomic mass is 9.99. The number of anilines is 1. The highest BCUT2D eigenvalue weighted by Gasteiger charge is 2.27. The van der Waals surface area contributed by atoms with Gasteiger partial charge >= 0.3 is 0 Å². The Morgan fingerprint density at radius 1 is 1.13 bits per heavy atom. The second-order valence-electron chi connectivity index (χ2n) is 7.55. The Kier molecular flexibility index (Phi) is 5.90. The molecule has 7 heteroatoms. The van der Waals surface area contributed by atoms with Crippen molar-refractivity contribution in [3.8, 4) is 11.5 Å². The fraction of sp³-hybridized carbons (Fsp3) is 0.391. The van der Waals surface area contributed by atoms with Crippen LogP contribution in [0.2, 0.25) is 0 Å². The lowest BCUT2D eigenvalue weighted by molar-refractivity contribution is -0.119. The van der Waals surface area contributed by atoms with Gasteiger partial charge in [0.15, 0.2) is 11.5 Å². The van der Waals surface area contributed by atoms with Crippen LogP contribution in [-0.2, 0) is 22.5 Å². The Morgan fingerprint density at radius 2 is 1.93 bits per heavy atom. The van der Waals surface area contributed by atoms with Crippen molar-refractivity contribution >= 4 is 17.5 Å². The summed E-state index contributed by atoms with van der Waals surface area (Å²) in [5, 5.41) is 2.90. The number of fused-ring (bicyclic) bond motifs is 1.